The van der Waals surface area contributed by atoms with E-state index in [0.717, 1.165) is 24.3 Å². The summed E-state index contributed by atoms with van der Waals surface area (Å²) in [6.45, 7) is 0. The molecule has 0 unspecified atom stereocenters. The molecule has 4 rings (SSSR count). The smallest absolute Gasteiger partial charge is 0.118 e. The molecule has 0 saturated carbocycles. The first-order chi connectivity index (χ1) is 11.8. The number of allylic oxidation sites excluding steroid dienone is 4. The quantitative estimate of drug-likeness (QED) is 0.770. The van der Waals surface area contributed by atoms with E-state index in [1.54, 1.807) is 14.2 Å². The van der Waals surface area contributed by atoms with Crippen molar-refractivity contribution in [1.29, 1.82) is 0 Å². The maximum atomic E-state index is 5.27. The topological polar surface area (TPSA) is 18.5 Å². The predicted octanol–water partition coefficient (Wildman–Crippen LogP) is 5.21. The summed E-state index contributed by atoms with van der Waals surface area (Å²) in [5.74, 6) is 3.04. The van der Waals surface area contributed by atoms with Gasteiger partial charge in [0.1, 0.15) is 11.5 Å². The molecule has 0 heterocycles. The van der Waals surface area contributed by atoms with Crippen molar-refractivity contribution < 1.29 is 9.47 Å². The Kier molecular flexibility index (Phi) is 3.89. The number of hydrogen-bond donors (Lipinski definition) is 0. The highest BCUT2D eigenvalue weighted by Gasteiger charge is 2.36. The normalized spacial score (nSPS) is 21.9. The lowest BCUT2D eigenvalue weighted by Crippen LogP contribution is -2.06. The lowest BCUT2D eigenvalue weighted by molar-refractivity contribution is 0.414. The van der Waals surface area contributed by atoms with Gasteiger partial charge < -0.3 is 9.47 Å². The van der Waals surface area contributed by atoms with Gasteiger partial charge in [0.2, 0.25) is 0 Å². The van der Waals surface area contributed by atoms with Crippen LogP contribution in [0.15, 0.2) is 60.7 Å². The first kappa shape index (κ1) is 15.1. The van der Waals surface area contributed by atoms with Gasteiger partial charge in [-0.3, -0.25) is 0 Å². The van der Waals surface area contributed by atoms with Gasteiger partial charge in [0.05, 0.1) is 14.2 Å². The van der Waals surface area contributed by atoms with E-state index in [4.69, 9.17) is 9.47 Å². The summed E-state index contributed by atoms with van der Waals surface area (Å²) in [4.78, 5) is 0. The second-order valence-electron chi connectivity index (χ2n) is 6.46. The van der Waals surface area contributed by atoms with Crippen molar-refractivity contribution in [1.82, 2.24) is 0 Å². The largest absolute Gasteiger partial charge is 0.497 e. The Balaban J connectivity index is 1.54. The van der Waals surface area contributed by atoms with Crippen molar-refractivity contribution in [3.05, 3.63) is 71.8 Å². The first-order valence-corrected chi connectivity index (χ1v) is 8.49. The molecule has 24 heavy (non-hydrogen) atoms. The predicted molar refractivity (Wildman–Crippen MR) is 98.2 cm³/mol. The van der Waals surface area contributed by atoms with E-state index in [1.807, 2.05) is 0 Å². The Hall–Kier alpha value is -2.48. The average molecular weight is 318 g/mol. The number of methoxy groups -OCH3 is 2. The Morgan fingerprint density at radius 1 is 0.625 bits per heavy atom. The standard InChI is InChI=1S/C22H22O2/c1-23-17-7-3-15(4-8-17)19-11-13-22-20(12-14-21(19)22)16-5-9-18(24-2)10-6-16/h3-12,21-22H,13-14H2,1-2H3/t21-,22-/m1/s1. The van der Waals surface area contributed by atoms with Gasteiger partial charge in [-0.1, -0.05) is 36.4 Å². The molecular formula is C22H22O2. The van der Waals surface area contributed by atoms with E-state index in [2.05, 4.69) is 60.7 Å². The van der Waals surface area contributed by atoms with E-state index in [9.17, 15) is 0 Å². The molecule has 2 aromatic rings. The van der Waals surface area contributed by atoms with Gasteiger partial charge in [-0.25, -0.2) is 0 Å². The second-order valence-corrected chi connectivity index (χ2v) is 6.46. The number of rotatable bonds is 4. The molecule has 0 radical (unpaired) electrons. The molecule has 2 atom stereocenters. The Labute approximate surface area is 143 Å². The second kappa shape index (κ2) is 6.20. The summed E-state index contributed by atoms with van der Waals surface area (Å²) >= 11 is 0. The van der Waals surface area contributed by atoms with Crippen molar-refractivity contribution in [3.63, 3.8) is 0 Å². The van der Waals surface area contributed by atoms with Crippen LogP contribution in [0.2, 0.25) is 0 Å². The summed E-state index contributed by atoms with van der Waals surface area (Å²) in [6.07, 6.45) is 7.11. The molecular weight excluding hydrogens is 296 g/mol. The average Bonchev–Trinajstić information content (AvgIpc) is 3.24. The van der Waals surface area contributed by atoms with Crippen molar-refractivity contribution in [2.75, 3.05) is 14.2 Å². The van der Waals surface area contributed by atoms with Crippen LogP contribution in [0.1, 0.15) is 24.0 Å². The third-order valence-corrected chi connectivity index (χ3v) is 5.31. The zero-order chi connectivity index (χ0) is 16.5. The summed E-state index contributed by atoms with van der Waals surface area (Å²) in [5, 5.41) is 0. The van der Waals surface area contributed by atoms with Crippen molar-refractivity contribution >= 4 is 11.1 Å². The molecule has 2 nitrogen and oxygen atoms in total. The Morgan fingerprint density at radius 3 is 1.33 bits per heavy atom. The molecule has 0 spiro atoms. The molecule has 2 aromatic carbocycles. The first-order valence-electron chi connectivity index (χ1n) is 8.49. The number of benzene rings is 2. The minimum Gasteiger partial charge on any atom is -0.497 e. The summed E-state index contributed by atoms with van der Waals surface area (Å²) in [5.41, 5.74) is 5.63. The van der Waals surface area contributed by atoms with Crippen molar-refractivity contribution in [3.8, 4) is 11.5 Å². The highest BCUT2D eigenvalue weighted by atomic mass is 16.5. The van der Waals surface area contributed by atoms with E-state index in [-0.39, 0.29) is 0 Å². The Morgan fingerprint density at radius 2 is 1.00 bits per heavy atom. The van der Waals surface area contributed by atoms with Gasteiger partial charge in [-0.2, -0.15) is 0 Å². The third kappa shape index (κ3) is 2.52. The molecule has 0 N–H and O–H groups in total. The molecule has 0 fully saturated rings. The maximum Gasteiger partial charge on any atom is 0.118 e. The monoisotopic (exact) mass is 318 g/mol. The molecule has 0 saturated heterocycles. The molecule has 2 aliphatic rings. The fourth-order valence-corrected chi connectivity index (χ4v) is 4.06. The summed E-state index contributed by atoms with van der Waals surface area (Å²) < 4.78 is 10.5. The van der Waals surface area contributed by atoms with Crippen LogP contribution in [0.25, 0.3) is 11.1 Å². The van der Waals surface area contributed by atoms with Gasteiger partial charge >= 0.3 is 0 Å². The van der Waals surface area contributed by atoms with Crippen LogP contribution < -0.4 is 9.47 Å². The fourth-order valence-electron chi connectivity index (χ4n) is 4.06. The van der Waals surface area contributed by atoms with Crippen molar-refractivity contribution in [2.45, 2.75) is 12.8 Å². The van der Waals surface area contributed by atoms with Gasteiger partial charge in [-0.15, -0.1) is 0 Å². The minimum absolute atomic E-state index is 0.607. The van der Waals surface area contributed by atoms with Gasteiger partial charge in [-0.05, 0) is 71.2 Å². The van der Waals surface area contributed by atoms with Crippen LogP contribution in [0.4, 0.5) is 0 Å². The fraction of sp³-hybridized carbons (Fsp3) is 0.273. The molecule has 122 valence electrons. The van der Waals surface area contributed by atoms with Crippen LogP contribution in [-0.4, -0.2) is 14.2 Å². The SMILES string of the molecule is COc1ccc(C2=CC[C@@H]3C(c4ccc(OC)cc4)=CC[C@H]23)cc1. The van der Waals surface area contributed by atoms with Gasteiger partial charge in [0.25, 0.3) is 0 Å². The Bertz CT molecular complexity index is 712. The molecule has 0 aliphatic heterocycles. The van der Waals surface area contributed by atoms with E-state index in [0.29, 0.717) is 11.8 Å². The number of hydrogen-bond acceptors (Lipinski definition) is 2. The van der Waals surface area contributed by atoms with Crippen LogP contribution in [0.5, 0.6) is 11.5 Å². The zero-order valence-electron chi connectivity index (χ0n) is 14.2. The molecule has 2 heteroatoms. The number of fused-ring (bicyclic) bond motifs is 1. The highest BCUT2D eigenvalue weighted by molar-refractivity contribution is 5.80. The van der Waals surface area contributed by atoms with Crippen LogP contribution in [0.3, 0.4) is 0 Å². The molecule has 0 bridgehead atoms. The van der Waals surface area contributed by atoms with Crippen molar-refractivity contribution in [2.24, 2.45) is 11.8 Å². The lowest BCUT2D eigenvalue weighted by atomic mass is 9.85. The maximum absolute atomic E-state index is 5.27. The summed E-state index contributed by atoms with van der Waals surface area (Å²) in [6, 6.07) is 16.9. The molecule has 2 aliphatic carbocycles. The summed E-state index contributed by atoms with van der Waals surface area (Å²) in [7, 11) is 3.42. The molecule has 0 aromatic heterocycles. The third-order valence-electron chi connectivity index (χ3n) is 5.31. The van der Waals surface area contributed by atoms with E-state index in [1.165, 1.54) is 22.3 Å². The van der Waals surface area contributed by atoms with Crippen LogP contribution >= 0.6 is 0 Å². The molecule has 0 amide bonds. The zero-order valence-corrected chi connectivity index (χ0v) is 14.2. The minimum atomic E-state index is 0.607. The van der Waals surface area contributed by atoms with Crippen LogP contribution in [0, 0.1) is 11.8 Å². The lowest BCUT2D eigenvalue weighted by Gasteiger charge is -2.18. The van der Waals surface area contributed by atoms with Gasteiger partial charge in [0, 0.05) is 0 Å². The van der Waals surface area contributed by atoms with E-state index >= 15 is 0 Å². The van der Waals surface area contributed by atoms with Crippen LogP contribution in [-0.2, 0) is 0 Å². The highest BCUT2D eigenvalue weighted by Crippen LogP contribution is 2.51. The van der Waals surface area contributed by atoms with Gasteiger partial charge in [0.15, 0.2) is 0 Å². The number of ether oxygens (including phenoxy) is 2. The van der Waals surface area contributed by atoms with E-state index < -0.39 is 0 Å².